The highest BCUT2D eigenvalue weighted by molar-refractivity contribution is 5.46. The van der Waals surface area contributed by atoms with Crippen molar-refractivity contribution >= 4 is 0 Å². The molecular weight excluding hydrogens is 197 g/mol. The van der Waals surface area contributed by atoms with Crippen LogP contribution in [0.4, 0.5) is 13.2 Å². The lowest BCUT2D eigenvalue weighted by Gasteiger charge is -2.14. The van der Waals surface area contributed by atoms with E-state index in [0.717, 1.165) is 26.4 Å². The Morgan fingerprint density at radius 3 is 1.79 bits per heavy atom. The van der Waals surface area contributed by atoms with Gasteiger partial charge in [-0.3, -0.25) is 0 Å². The molecule has 0 bridgehead atoms. The van der Waals surface area contributed by atoms with E-state index in [4.69, 9.17) is 0 Å². The summed E-state index contributed by atoms with van der Waals surface area (Å²) in [4.78, 5) is 0. The molecule has 77 valence electrons. The van der Waals surface area contributed by atoms with Crippen LogP contribution in [0.3, 0.4) is 0 Å². The van der Waals surface area contributed by atoms with E-state index in [9.17, 15) is 13.2 Å². The normalized spacial score (nSPS) is 11.2. The van der Waals surface area contributed by atoms with Gasteiger partial charge in [-0.2, -0.15) is 13.2 Å². The Morgan fingerprint density at radius 1 is 1.07 bits per heavy atom. The van der Waals surface area contributed by atoms with Crippen molar-refractivity contribution in [1.29, 1.82) is 0 Å². The van der Waals surface area contributed by atoms with Crippen molar-refractivity contribution in [2.45, 2.75) is 6.18 Å². The number of hydrogen-bond acceptors (Lipinski definition) is 2. The number of ether oxygens (including phenoxy) is 2. The van der Waals surface area contributed by atoms with Crippen molar-refractivity contribution in [2.24, 2.45) is 0 Å². The maximum absolute atomic E-state index is 12.5. The maximum Gasteiger partial charge on any atom is 0.423 e. The molecule has 0 amide bonds. The van der Waals surface area contributed by atoms with E-state index in [1.165, 1.54) is 0 Å². The molecule has 0 atom stereocenters. The highest BCUT2D eigenvalue weighted by Gasteiger charge is 2.37. The van der Waals surface area contributed by atoms with Crippen molar-refractivity contribution in [3.63, 3.8) is 0 Å². The summed E-state index contributed by atoms with van der Waals surface area (Å²) in [6.07, 6.45) is -4.49. The third-order valence-electron chi connectivity index (χ3n) is 1.64. The predicted molar refractivity (Wildman–Crippen MR) is 43.4 cm³/mol. The lowest BCUT2D eigenvalue weighted by molar-refractivity contribution is -0.139. The number of halogens is 3. The number of hydrogen-bond donors (Lipinski definition) is 0. The number of alkyl halides is 3. The summed E-state index contributed by atoms with van der Waals surface area (Å²) < 4.78 is 46.7. The van der Waals surface area contributed by atoms with Gasteiger partial charge in [-0.25, -0.2) is 0 Å². The molecule has 0 aliphatic carbocycles. The standard InChI is InChI=1S/C9H8F3O2/c1-13-6-4-3-5-7(14-2)8(6)9(10,11)12/h4-5H,1-2H3. The van der Waals surface area contributed by atoms with Gasteiger partial charge in [-0.15, -0.1) is 0 Å². The zero-order valence-corrected chi connectivity index (χ0v) is 7.61. The van der Waals surface area contributed by atoms with Gasteiger partial charge >= 0.3 is 6.18 Å². The van der Waals surface area contributed by atoms with E-state index in [1.54, 1.807) is 0 Å². The van der Waals surface area contributed by atoms with Crippen molar-refractivity contribution in [3.05, 3.63) is 23.8 Å². The van der Waals surface area contributed by atoms with Gasteiger partial charge in [0.05, 0.1) is 14.2 Å². The smallest absolute Gasteiger partial charge is 0.423 e. The zero-order valence-electron chi connectivity index (χ0n) is 7.61. The van der Waals surface area contributed by atoms with Crippen LogP contribution in [-0.4, -0.2) is 14.2 Å². The summed E-state index contributed by atoms with van der Waals surface area (Å²) in [5, 5.41) is 0. The van der Waals surface area contributed by atoms with E-state index in [1.807, 2.05) is 0 Å². The molecule has 0 spiro atoms. The Balaban J connectivity index is 3.34. The minimum Gasteiger partial charge on any atom is -0.496 e. The van der Waals surface area contributed by atoms with Gasteiger partial charge in [-0.1, -0.05) is 0 Å². The molecular formula is C9H8F3O2. The van der Waals surface area contributed by atoms with Gasteiger partial charge in [0.15, 0.2) is 0 Å². The SMILES string of the molecule is COc1c[c]cc(OC)c1C(F)(F)F. The highest BCUT2D eigenvalue weighted by atomic mass is 19.4. The number of benzene rings is 1. The van der Waals surface area contributed by atoms with E-state index < -0.39 is 11.7 Å². The van der Waals surface area contributed by atoms with Crippen LogP contribution >= 0.6 is 0 Å². The fraction of sp³-hybridized carbons (Fsp3) is 0.333. The Hall–Kier alpha value is -1.39. The largest absolute Gasteiger partial charge is 0.496 e. The molecule has 0 aliphatic heterocycles. The summed E-state index contributed by atoms with van der Waals surface area (Å²) in [7, 11) is 2.33. The molecule has 1 radical (unpaired) electrons. The van der Waals surface area contributed by atoms with Crippen LogP contribution in [-0.2, 0) is 6.18 Å². The van der Waals surface area contributed by atoms with Gasteiger partial charge in [0.1, 0.15) is 17.1 Å². The van der Waals surface area contributed by atoms with E-state index in [-0.39, 0.29) is 11.5 Å². The summed E-state index contributed by atoms with van der Waals surface area (Å²) in [6.45, 7) is 0. The first-order valence-corrected chi connectivity index (χ1v) is 3.70. The molecule has 0 aromatic heterocycles. The number of rotatable bonds is 2. The van der Waals surface area contributed by atoms with Crippen LogP contribution in [0, 0.1) is 6.07 Å². The van der Waals surface area contributed by atoms with Crippen molar-refractivity contribution < 1.29 is 22.6 Å². The van der Waals surface area contributed by atoms with Crippen LogP contribution in [0.25, 0.3) is 0 Å². The average Bonchev–Trinajstić information content (AvgIpc) is 2.15. The van der Waals surface area contributed by atoms with Gasteiger partial charge in [0.2, 0.25) is 0 Å². The van der Waals surface area contributed by atoms with E-state index >= 15 is 0 Å². The Labute approximate surface area is 79.2 Å². The Kier molecular flexibility index (Phi) is 2.88. The van der Waals surface area contributed by atoms with Crippen LogP contribution in [0.5, 0.6) is 11.5 Å². The maximum atomic E-state index is 12.5. The molecule has 0 saturated carbocycles. The van der Waals surface area contributed by atoms with Crippen LogP contribution in [0.15, 0.2) is 12.1 Å². The zero-order chi connectivity index (χ0) is 10.8. The summed E-state index contributed by atoms with van der Waals surface area (Å²) in [5.41, 5.74) is -0.916. The quantitative estimate of drug-likeness (QED) is 0.738. The van der Waals surface area contributed by atoms with E-state index in [2.05, 4.69) is 15.5 Å². The molecule has 5 heteroatoms. The average molecular weight is 205 g/mol. The molecule has 0 fully saturated rings. The summed E-state index contributed by atoms with van der Waals surface area (Å²) in [6, 6.07) is 4.73. The van der Waals surface area contributed by atoms with Gasteiger partial charge < -0.3 is 9.47 Å². The fourth-order valence-corrected chi connectivity index (χ4v) is 1.06. The van der Waals surface area contributed by atoms with Crippen molar-refractivity contribution in [1.82, 2.24) is 0 Å². The van der Waals surface area contributed by atoms with Crippen LogP contribution < -0.4 is 9.47 Å². The first-order valence-electron chi connectivity index (χ1n) is 3.70. The molecule has 0 N–H and O–H groups in total. The second-order valence-corrected chi connectivity index (χ2v) is 2.46. The minimum atomic E-state index is -4.49. The third-order valence-corrected chi connectivity index (χ3v) is 1.64. The molecule has 2 nitrogen and oxygen atoms in total. The molecule has 1 aromatic rings. The lowest BCUT2D eigenvalue weighted by Crippen LogP contribution is -2.09. The van der Waals surface area contributed by atoms with E-state index in [0.29, 0.717) is 0 Å². The van der Waals surface area contributed by atoms with Crippen molar-refractivity contribution in [3.8, 4) is 11.5 Å². The highest BCUT2D eigenvalue weighted by Crippen LogP contribution is 2.41. The second-order valence-electron chi connectivity index (χ2n) is 2.46. The fourth-order valence-electron chi connectivity index (χ4n) is 1.06. The molecule has 0 aliphatic rings. The third kappa shape index (κ3) is 1.92. The van der Waals surface area contributed by atoms with Crippen molar-refractivity contribution in [2.75, 3.05) is 14.2 Å². The molecule has 0 heterocycles. The Morgan fingerprint density at radius 2 is 1.50 bits per heavy atom. The van der Waals surface area contributed by atoms with Gasteiger partial charge in [0, 0.05) is 0 Å². The first kappa shape index (κ1) is 10.7. The minimum absolute atomic E-state index is 0.295. The Bertz CT molecular complexity index is 298. The number of methoxy groups -OCH3 is 2. The predicted octanol–water partition coefficient (Wildman–Crippen LogP) is 2.52. The van der Waals surface area contributed by atoms with Crippen LogP contribution in [0.2, 0.25) is 0 Å². The topological polar surface area (TPSA) is 18.5 Å². The van der Waals surface area contributed by atoms with Gasteiger partial charge in [0.25, 0.3) is 0 Å². The molecule has 1 aromatic carbocycles. The summed E-state index contributed by atoms with van der Waals surface area (Å²) in [5.74, 6) is -0.589. The van der Waals surface area contributed by atoms with Crippen LogP contribution in [0.1, 0.15) is 5.56 Å². The summed E-state index contributed by atoms with van der Waals surface area (Å²) >= 11 is 0. The molecule has 1 rings (SSSR count). The first-order chi connectivity index (χ1) is 6.50. The molecule has 0 unspecified atom stereocenters. The van der Waals surface area contributed by atoms with Gasteiger partial charge in [-0.05, 0) is 18.2 Å². The monoisotopic (exact) mass is 205 g/mol. The molecule has 0 saturated heterocycles. The second kappa shape index (κ2) is 3.77. The lowest BCUT2D eigenvalue weighted by atomic mass is 10.1. The molecule has 14 heavy (non-hydrogen) atoms.